The monoisotopic (exact) mass is 363 g/mol. The highest BCUT2D eigenvalue weighted by Crippen LogP contribution is 2.35. The predicted octanol–water partition coefficient (Wildman–Crippen LogP) is 3.62. The molecule has 2 N–H and O–H groups in total. The minimum absolute atomic E-state index is 0.0626. The van der Waals surface area contributed by atoms with Gasteiger partial charge in [0.2, 0.25) is 0 Å². The molecule has 4 rings (SSSR count). The number of hydrogen-bond donors (Lipinski definition) is 2. The van der Waals surface area contributed by atoms with Crippen LogP contribution < -0.4 is 10.2 Å². The number of fused-ring (bicyclic) bond motifs is 3. The minimum Gasteiger partial charge on any atom is -0.366 e. The van der Waals surface area contributed by atoms with Crippen LogP contribution in [0.2, 0.25) is 0 Å². The molecule has 0 unspecified atom stereocenters. The van der Waals surface area contributed by atoms with Gasteiger partial charge >= 0.3 is 6.18 Å². The molecule has 1 fully saturated rings. The van der Waals surface area contributed by atoms with E-state index in [0.717, 1.165) is 53.6 Å². The lowest BCUT2D eigenvalue weighted by Gasteiger charge is -2.37. The molecule has 3 aromatic rings. The molecule has 0 radical (unpaired) electrons. The molecule has 1 saturated heterocycles. The van der Waals surface area contributed by atoms with Crippen molar-refractivity contribution in [3.05, 3.63) is 30.7 Å². The van der Waals surface area contributed by atoms with E-state index in [9.17, 15) is 13.2 Å². The Balaban J connectivity index is 1.81. The highest BCUT2D eigenvalue weighted by atomic mass is 19.4. The number of rotatable bonds is 4. The van der Waals surface area contributed by atoms with Gasteiger partial charge in [-0.3, -0.25) is 4.98 Å². The summed E-state index contributed by atoms with van der Waals surface area (Å²) in [4.78, 5) is 13.7. The number of anilines is 1. The van der Waals surface area contributed by atoms with Gasteiger partial charge in [0.15, 0.2) is 0 Å². The average molecular weight is 363 g/mol. The first-order valence-corrected chi connectivity index (χ1v) is 8.77. The fourth-order valence-electron chi connectivity index (χ4n) is 3.74. The van der Waals surface area contributed by atoms with Crippen molar-refractivity contribution in [1.82, 2.24) is 20.3 Å². The van der Waals surface area contributed by atoms with Gasteiger partial charge in [-0.1, -0.05) is 0 Å². The Bertz CT molecular complexity index is 899. The fraction of sp³-hybridized carbons (Fsp3) is 0.444. The molecule has 5 nitrogen and oxygen atoms in total. The number of pyridine rings is 2. The molecule has 0 spiro atoms. The van der Waals surface area contributed by atoms with Crippen LogP contribution in [0.4, 0.5) is 18.9 Å². The summed E-state index contributed by atoms with van der Waals surface area (Å²) in [6.07, 6.45) is 1.68. The van der Waals surface area contributed by atoms with Gasteiger partial charge in [-0.2, -0.15) is 13.2 Å². The Morgan fingerprint density at radius 3 is 2.77 bits per heavy atom. The van der Waals surface area contributed by atoms with Gasteiger partial charge in [0.25, 0.3) is 0 Å². The molecule has 0 saturated carbocycles. The van der Waals surface area contributed by atoms with Gasteiger partial charge in [0, 0.05) is 29.6 Å². The van der Waals surface area contributed by atoms with E-state index in [1.165, 1.54) is 0 Å². The summed E-state index contributed by atoms with van der Waals surface area (Å²) in [6.45, 7) is 1.56. The van der Waals surface area contributed by atoms with Gasteiger partial charge in [-0.05, 0) is 38.1 Å². The van der Waals surface area contributed by atoms with Crippen molar-refractivity contribution in [1.29, 1.82) is 0 Å². The Morgan fingerprint density at radius 2 is 2.00 bits per heavy atom. The molecule has 1 aliphatic heterocycles. The van der Waals surface area contributed by atoms with Crippen LogP contribution in [-0.4, -0.2) is 46.8 Å². The molecule has 138 valence electrons. The fourth-order valence-corrected chi connectivity index (χ4v) is 3.74. The van der Waals surface area contributed by atoms with E-state index in [1.807, 2.05) is 17.0 Å². The second-order valence-corrected chi connectivity index (χ2v) is 6.65. The van der Waals surface area contributed by atoms with Gasteiger partial charge in [0.05, 0.1) is 30.0 Å². The number of alkyl halides is 3. The zero-order chi connectivity index (χ0) is 18.1. The summed E-state index contributed by atoms with van der Waals surface area (Å²) in [5, 5.41) is 5.08. The first kappa shape index (κ1) is 17.1. The summed E-state index contributed by atoms with van der Waals surface area (Å²) in [7, 11) is 0. The van der Waals surface area contributed by atoms with Crippen LogP contribution >= 0.6 is 0 Å². The number of nitrogens with one attached hydrogen (secondary N) is 2. The normalized spacial score (nSPS) is 16.4. The molecular formula is C18H20F3N5. The third kappa shape index (κ3) is 3.33. The van der Waals surface area contributed by atoms with Crippen LogP contribution in [0.25, 0.3) is 21.9 Å². The second kappa shape index (κ2) is 6.75. The Labute approximate surface area is 148 Å². The van der Waals surface area contributed by atoms with Gasteiger partial charge < -0.3 is 15.2 Å². The van der Waals surface area contributed by atoms with Crippen molar-refractivity contribution in [2.45, 2.75) is 31.5 Å². The highest BCUT2D eigenvalue weighted by molar-refractivity contribution is 6.12. The molecule has 0 bridgehead atoms. The number of aromatic amines is 1. The van der Waals surface area contributed by atoms with E-state index < -0.39 is 12.6 Å². The Hall–Kier alpha value is -2.35. The van der Waals surface area contributed by atoms with Gasteiger partial charge in [0.1, 0.15) is 5.65 Å². The predicted molar refractivity (Wildman–Crippen MR) is 95.3 cm³/mol. The van der Waals surface area contributed by atoms with Crippen LogP contribution in [0, 0.1) is 0 Å². The first-order valence-electron chi connectivity index (χ1n) is 8.77. The van der Waals surface area contributed by atoms with E-state index in [4.69, 9.17) is 0 Å². The summed E-state index contributed by atoms with van der Waals surface area (Å²) in [6, 6.07) is 3.84. The van der Waals surface area contributed by atoms with Crippen LogP contribution in [-0.2, 0) is 0 Å². The van der Waals surface area contributed by atoms with Crippen LogP contribution in [0.3, 0.4) is 0 Å². The van der Waals surface area contributed by atoms with Crippen molar-refractivity contribution < 1.29 is 13.2 Å². The largest absolute Gasteiger partial charge is 0.390 e. The number of halogens is 3. The standard InChI is InChI=1S/C18H20F3N5/c19-18(20,21)5-9-26(12-3-7-22-8-4-12)15-11-23-10-14-16(15)13-2-1-6-24-17(13)25-14/h1-2,6,10-12,22H,3-5,7-9H2,(H,24,25). The average Bonchev–Trinajstić information content (AvgIpc) is 3.01. The molecule has 8 heteroatoms. The maximum Gasteiger partial charge on any atom is 0.390 e. The summed E-state index contributed by atoms with van der Waals surface area (Å²) < 4.78 is 38.8. The van der Waals surface area contributed by atoms with Gasteiger partial charge in [-0.15, -0.1) is 0 Å². The number of piperidine rings is 1. The molecule has 3 aromatic heterocycles. The lowest BCUT2D eigenvalue weighted by atomic mass is 10.0. The molecule has 1 aliphatic rings. The Morgan fingerprint density at radius 1 is 1.19 bits per heavy atom. The van der Waals surface area contributed by atoms with Crippen molar-refractivity contribution in [2.24, 2.45) is 0 Å². The topological polar surface area (TPSA) is 56.8 Å². The number of H-pyrrole nitrogens is 1. The maximum atomic E-state index is 12.9. The molecule has 0 atom stereocenters. The number of hydrogen-bond acceptors (Lipinski definition) is 4. The minimum atomic E-state index is -4.19. The van der Waals surface area contributed by atoms with Crippen LogP contribution in [0.15, 0.2) is 30.7 Å². The zero-order valence-corrected chi connectivity index (χ0v) is 14.2. The highest BCUT2D eigenvalue weighted by Gasteiger charge is 2.31. The molecule has 0 aromatic carbocycles. The summed E-state index contributed by atoms with van der Waals surface area (Å²) >= 11 is 0. The first-order chi connectivity index (χ1) is 12.5. The number of aromatic nitrogens is 3. The van der Waals surface area contributed by atoms with Crippen molar-refractivity contribution in [3.63, 3.8) is 0 Å². The van der Waals surface area contributed by atoms with Gasteiger partial charge in [-0.25, -0.2) is 4.98 Å². The van der Waals surface area contributed by atoms with E-state index in [2.05, 4.69) is 20.3 Å². The second-order valence-electron chi connectivity index (χ2n) is 6.65. The maximum absolute atomic E-state index is 12.9. The van der Waals surface area contributed by atoms with Crippen LogP contribution in [0.5, 0.6) is 0 Å². The lowest BCUT2D eigenvalue weighted by molar-refractivity contribution is -0.132. The smallest absolute Gasteiger partial charge is 0.366 e. The Kier molecular flexibility index (Phi) is 4.44. The van der Waals surface area contributed by atoms with E-state index >= 15 is 0 Å². The number of nitrogens with zero attached hydrogens (tertiary/aromatic N) is 3. The molecule has 26 heavy (non-hydrogen) atoms. The summed E-state index contributed by atoms with van der Waals surface area (Å²) in [5.41, 5.74) is 2.26. The quantitative estimate of drug-likeness (QED) is 0.743. The van der Waals surface area contributed by atoms with E-state index in [0.29, 0.717) is 0 Å². The lowest BCUT2D eigenvalue weighted by Crippen LogP contribution is -2.44. The molecular weight excluding hydrogens is 343 g/mol. The SMILES string of the molecule is FC(F)(F)CCN(c1cncc2[nH]c3ncccc3c12)C1CCNCC1. The summed E-state index contributed by atoms with van der Waals surface area (Å²) in [5.74, 6) is 0. The van der Waals surface area contributed by atoms with E-state index in [1.54, 1.807) is 18.6 Å². The third-order valence-corrected chi connectivity index (χ3v) is 4.95. The molecule has 0 amide bonds. The van der Waals surface area contributed by atoms with Crippen molar-refractivity contribution >= 4 is 27.6 Å². The van der Waals surface area contributed by atoms with Crippen LogP contribution in [0.1, 0.15) is 19.3 Å². The van der Waals surface area contributed by atoms with E-state index in [-0.39, 0.29) is 12.6 Å². The molecule has 4 heterocycles. The zero-order valence-electron chi connectivity index (χ0n) is 14.2. The molecule has 0 aliphatic carbocycles. The van der Waals surface area contributed by atoms with Crippen molar-refractivity contribution in [2.75, 3.05) is 24.5 Å². The van der Waals surface area contributed by atoms with Crippen molar-refractivity contribution in [3.8, 4) is 0 Å². The third-order valence-electron chi connectivity index (χ3n) is 4.95.